The van der Waals surface area contributed by atoms with Crippen LogP contribution in [0.25, 0.3) is 0 Å². The summed E-state index contributed by atoms with van der Waals surface area (Å²) in [4.78, 5) is 15.8. The van der Waals surface area contributed by atoms with Crippen LogP contribution in [0.1, 0.15) is 34.6 Å². The lowest BCUT2D eigenvalue weighted by atomic mass is 9.95. The molecular weight excluding hydrogens is 186 g/mol. The molecule has 0 saturated carbocycles. The summed E-state index contributed by atoms with van der Waals surface area (Å²) in [6, 6.07) is 1.75. The minimum atomic E-state index is 0.177. The Kier molecular flexibility index (Phi) is 2.08. The van der Waals surface area contributed by atoms with Crippen molar-refractivity contribution in [3.8, 4) is 0 Å². The van der Waals surface area contributed by atoms with Gasteiger partial charge in [-0.05, 0) is 25.8 Å². The standard InChI is InChI=1S/C10H10ClNO/c1-6-8(11)5-7-9(12-6)3-2-4-10(7)13/h5H,2-4H2,1H3. The number of carbonyl (C=O) groups excluding carboxylic acids is 1. The van der Waals surface area contributed by atoms with Crippen LogP contribution in [0.3, 0.4) is 0 Å². The minimum Gasteiger partial charge on any atom is -0.294 e. The van der Waals surface area contributed by atoms with Crippen molar-refractivity contribution in [3.63, 3.8) is 0 Å². The number of nitrogens with zero attached hydrogens (tertiary/aromatic N) is 1. The van der Waals surface area contributed by atoms with E-state index >= 15 is 0 Å². The Balaban J connectivity index is 2.58. The number of hydrogen-bond acceptors (Lipinski definition) is 2. The van der Waals surface area contributed by atoms with Crippen molar-refractivity contribution in [2.45, 2.75) is 26.2 Å². The third kappa shape index (κ3) is 1.46. The molecule has 0 amide bonds. The predicted octanol–water partition coefficient (Wildman–Crippen LogP) is 2.56. The van der Waals surface area contributed by atoms with E-state index in [1.54, 1.807) is 6.07 Å². The molecule has 0 radical (unpaired) electrons. The second kappa shape index (κ2) is 3.11. The van der Waals surface area contributed by atoms with E-state index in [9.17, 15) is 4.79 Å². The molecule has 0 aliphatic heterocycles. The molecule has 1 aromatic heterocycles. The summed E-state index contributed by atoms with van der Waals surface area (Å²) in [7, 11) is 0. The van der Waals surface area contributed by atoms with E-state index in [1.807, 2.05) is 6.92 Å². The molecule has 0 bridgehead atoms. The van der Waals surface area contributed by atoms with Crippen LogP contribution in [-0.4, -0.2) is 10.8 Å². The number of aryl methyl sites for hydroxylation is 2. The van der Waals surface area contributed by atoms with Gasteiger partial charge in [0.2, 0.25) is 0 Å². The number of aromatic nitrogens is 1. The summed E-state index contributed by atoms with van der Waals surface area (Å²) in [6.45, 7) is 1.86. The summed E-state index contributed by atoms with van der Waals surface area (Å²) in [6.07, 6.45) is 2.45. The number of pyridine rings is 1. The van der Waals surface area contributed by atoms with Crippen LogP contribution in [0.15, 0.2) is 6.07 Å². The maximum atomic E-state index is 11.5. The number of rotatable bonds is 0. The first-order valence-electron chi connectivity index (χ1n) is 4.37. The molecule has 1 aliphatic carbocycles. The monoisotopic (exact) mass is 195 g/mol. The summed E-state index contributed by atoms with van der Waals surface area (Å²) in [5, 5.41) is 0.592. The van der Waals surface area contributed by atoms with Gasteiger partial charge in [-0.1, -0.05) is 11.6 Å². The molecule has 0 saturated heterocycles. The molecule has 0 atom stereocenters. The van der Waals surface area contributed by atoms with Crippen molar-refractivity contribution in [2.24, 2.45) is 0 Å². The molecule has 0 N–H and O–H groups in total. The lowest BCUT2D eigenvalue weighted by molar-refractivity contribution is 0.0971. The quantitative estimate of drug-likeness (QED) is 0.637. The maximum absolute atomic E-state index is 11.5. The smallest absolute Gasteiger partial charge is 0.164 e. The minimum absolute atomic E-state index is 0.177. The fraction of sp³-hybridized carbons (Fsp3) is 0.400. The van der Waals surface area contributed by atoms with Crippen LogP contribution in [0, 0.1) is 6.92 Å². The molecule has 0 spiro atoms. The van der Waals surface area contributed by atoms with Crippen molar-refractivity contribution in [1.29, 1.82) is 0 Å². The molecule has 0 unspecified atom stereocenters. The molecule has 2 rings (SSSR count). The summed E-state index contributed by atoms with van der Waals surface area (Å²) in [5.41, 5.74) is 2.45. The van der Waals surface area contributed by atoms with Crippen LogP contribution in [0.2, 0.25) is 5.02 Å². The molecule has 2 nitrogen and oxygen atoms in total. The van der Waals surface area contributed by atoms with Gasteiger partial charge < -0.3 is 0 Å². The highest BCUT2D eigenvalue weighted by Crippen LogP contribution is 2.24. The first kappa shape index (κ1) is 8.70. The first-order valence-corrected chi connectivity index (χ1v) is 4.75. The largest absolute Gasteiger partial charge is 0.294 e. The Bertz CT molecular complexity index is 373. The van der Waals surface area contributed by atoms with Gasteiger partial charge >= 0.3 is 0 Å². The number of hydrogen-bond donors (Lipinski definition) is 0. The van der Waals surface area contributed by atoms with E-state index in [1.165, 1.54) is 0 Å². The summed E-state index contributed by atoms with van der Waals surface area (Å²) >= 11 is 5.90. The molecule has 13 heavy (non-hydrogen) atoms. The predicted molar refractivity (Wildman–Crippen MR) is 51.3 cm³/mol. The Morgan fingerprint density at radius 1 is 1.46 bits per heavy atom. The highest BCUT2D eigenvalue weighted by atomic mass is 35.5. The zero-order chi connectivity index (χ0) is 9.42. The molecule has 1 heterocycles. The number of ketones is 1. The molecule has 68 valence electrons. The number of halogens is 1. The van der Waals surface area contributed by atoms with Crippen molar-refractivity contribution in [1.82, 2.24) is 4.98 Å². The Morgan fingerprint density at radius 2 is 2.23 bits per heavy atom. The zero-order valence-electron chi connectivity index (χ0n) is 7.43. The van der Waals surface area contributed by atoms with E-state index in [4.69, 9.17) is 11.6 Å². The van der Waals surface area contributed by atoms with Crippen molar-refractivity contribution >= 4 is 17.4 Å². The van der Waals surface area contributed by atoms with Gasteiger partial charge in [-0.2, -0.15) is 0 Å². The van der Waals surface area contributed by atoms with Crippen LogP contribution < -0.4 is 0 Å². The molecule has 0 fully saturated rings. The van der Waals surface area contributed by atoms with Gasteiger partial charge in [0, 0.05) is 12.0 Å². The van der Waals surface area contributed by atoms with Gasteiger partial charge in [0.15, 0.2) is 5.78 Å². The average molecular weight is 196 g/mol. The Hall–Kier alpha value is -0.890. The van der Waals surface area contributed by atoms with Gasteiger partial charge in [0.05, 0.1) is 16.4 Å². The lowest BCUT2D eigenvalue weighted by Gasteiger charge is -2.14. The molecule has 1 aromatic rings. The van der Waals surface area contributed by atoms with Crippen molar-refractivity contribution < 1.29 is 4.79 Å². The number of Topliss-reactive ketones (excluding diaryl/α,β-unsaturated/α-hetero) is 1. The number of carbonyl (C=O) groups is 1. The fourth-order valence-corrected chi connectivity index (χ4v) is 1.76. The average Bonchev–Trinajstić information content (AvgIpc) is 2.09. The van der Waals surface area contributed by atoms with Gasteiger partial charge in [0.25, 0.3) is 0 Å². The van der Waals surface area contributed by atoms with Crippen molar-refractivity contribution in [2.75, 3.05) is 0 Å². The van der Waals surface area contributed by atoms with E-state index in [2.05, 4.69) is 4.98 Å². The van der Waals surface area contributed by atoms with Crippen LogP contribution >= 0.6 is 11.6 Å². The molecule has 1 aliphatic rings. The Morgan fingerprint density at radius 3 is 3.00 bits per heavy atom. The normalized spacial score (nSPS) is 15.7. The molecule has 3 heteroatoms. The van der Waals surface area contributed by atoms with Crippen LogP contribution in [-0.2, 0) is 6.42 Å². The first-order chi connectivity index (χ1) is 6.18. The fourth-order valence-electron chi connectivity index (χ4n) is 1.61. The van der Waals surface area contributed by atoms with Crippen LogP contribution in [0.5, 0.6) is 0 Å². The van der Waals surface area contributed by atoms with Crippen LogP contribution in [0.4, 0.5) is 0 Å². The Labute approximate surface area is 81.9 Å². The van der Waals surface area contributed by atoms with Gasteiger partial charge in [-0.25, -0.2) is 0 Å². The third-order valence-corrected chi connectivity index (χ3v) is 2.73. The maximum Gasteiger partial charge on any atom is 0.164 e. The summed E-state index contributed by atoms with van der Waals surface area (Å²) < 4.78 is 0. The number of fused-ring (bicyclic) bond motifs is 1. The van der Waals surface area contributed by atoms with E-state index < -0.39 is 0 Å². The lowest BCUT2D eigenvalue weighted by Crippen LogP contribution is -2.13. The van der Waals surface area contributed by atoms with E-state index in [0.29, 0.717) is 11.4 Å². The highest BCUT2D eigenvalue weighted by Gasteiger charge is 2.19. The summed E-state index contributed by atoms with van der Waals surface area (Å²) in [5.74, 6) is 0.177. The SMILES string of the molecule is Cc1nc2c(cc1Cl)C(=O)CCC2. The van der Waals surface area contributed by atoms with Gasteiger partial charge in [0.1, 0.15) is 0 Å². The second-order valence-electron chi connectivity index (χ2n) is 3.33. The molecular formula is C10H10ClNO. The molecule has 0 aromatic carbocycles. The van der Waals surface area contributed by atoms with Gasteiger partial charge in [-0.3, -0.25) is 9.78 Å². The van der Waals surface area contributed by atoms with E-state index in [-0.39, 0.29) is 5.78 Å². The van der Waals surface area contributed by atoms with Gasteiger partial charge in [-0.15, -0.1) is 0 Å². The topological polar surface area (TPSA) is 30.0 Å². The third-order valence-electron chi connectivity index (χ3n) is 2.35. The van der Waals surface area contributed by atoms with Crippen molar-refractivity contribution in [3.05, 3.63) is 28.0 Å². The van der Waals surface area contributed by atoms with E-state index in [0.717, 1.165) is 29.8 Å². The zero-order valence-corrected chi connectivity index (χ0v) is 8.19. The highest BCUT2D eigenvalue weighted by molar-refractivity contribution is 6.31. The second-order valence-corrected chi connectivity index (χ2v) is 3.73.